The monoisotopic (exact) mass is 256 g/mol. The van der Waals surface area contributed by atoms with E-state index in [0.717, 1.165) is 25.7 Å². The van der Waals surface area contributed by atoms with Crippen LogP contribution in [0.2, 0.25) is 0 Å². The number of rotatable bonds is 3. The molecule has 2 fully saturated rings. The maximum Gasteiger partial charge on any atom is 0.239 e. The standard InChI is InChI=1S/C13H24N2O3/c16-12(11-9-18-8-7-14-11)15-10-13(17)5-3-1-2-4-6-13/h11,14,17H,1-10H2,(H,15,16). The van der Waals surface area contributed by atoms with Crippen LogP contribution in [0.15, 0.2) is 0 Å². The van der Waals surface area contributed by atoms with E-state index in [1.54, 1.807) is 0 Å². The van der Waals surface area contributed by atoms with Gasteiger partial charge in [-0.1, -0.05) is 25.7 Å². The SMILES string of the molecule is O=C(NCC1(O)CCCCCC1)C1COCCN1. The largest absolute Gasteiger partial charge is 0.388 e. The van der Waals surface area contributed by atoms with Gasteiger partial charge in [0.15, 0.2) is 0 Å². The van der Waals surface area contributed by atoms with Crippen molar-refractivity contribution in [3.63, 3.8) is 0 Å². The van der Waals surface area contributed by atoms with E-state index in [0.29, 0.717) is 26.3 Å². The summed E-state index contributed by atoms with van der Waals surface area (Å²) in [6.07, 6.45) is 6.07. The highest BCUT2D eigenvalue weighted by molar-refractivity contribution is 5.82. The average molecular weight is 256 g/mol. The lowest BCUT2D eigenvalue weighted by Crippen LogP contribution is -2.54. The Bertz CT molecular complexity index is 269. The molecule has 1 saturated carbocycles. The number of morpholine rings is 1. The van der Waals surface area contributed by atoms with Crippen LogP contribution in [0.5, 0.6) is 0 Å². The minimum atomic E-state index is -0.707. The molecule has 0 radical (unpaired) electrons. The zero-order chi connectivity index (χ0) is 12.8. The van der Waals surface area contributed by atoms with Crippen molar-refractivity contribution in [2.45, 2.75) is 50.2 Å². The summed E-state index contributed by atoms with van der Waals surface area (Å²) in [6.45, 7) is 2.16. The van der Waals surface area contributed by atoms with E-state index in [1.807, 2.05) is 0 Å². The molecule has 0 aromatic rings. The van der Waals surface area contributed by atoms with Gasteiger partial charge in [-0.2, -0.15) is 0 Å². The van der Waals surface area contributed by atoms with Crippen LogP contribution < -0.4 is 10.6 Å². The van der Waals surface area contributed by atoms with Gasteiger partial charge in [0.1, 0.15) is 6.04 Å². The number of nitrogens with one attached hydrogen (secondary N) is 2. The molecule has 5 heteroatoms. The number of amides is 1. The van der Waals surface area contributed by atoms with Crippen LogP contribution >= 0.6 is 0 Å². The van der Waals surface area contributed by atoms with Crippen LogP contribution in [-0.4, -0.2) is 49.0 Å². The average Bonchev–Trinajstić information content (AvgIpc) is 2.62. The van der Waals surface area contributed by atoms with Gasteiger partial charge in [0.05, 0.1) is 18.8 Å². The number of hydrogen-bond donors (Lipinski definition) is 3. The van der Waals surface area contributed by atoms with Crippen molar-refractivity contribution in [1.29, 1.82) is 0 Å². The Morgan fingerprint density at radius 3 is 2.67 bits per heavy atom. The maximum absolute atomic E-state index is 11.9. The van der Waals surface area contributed by atoms with Gasteiger partial charge in [-0.15, -0.1) is 0 Å². The minimum Gasteiger partial charge on any atom is -0.388 e. The Morgan fingerprint density at radius 1 is 1.33 bits per heavy atom. The first-order valence-electron chi connectivity index (χ1n) is 7.01. The summed E-state index contributed by atoms with van der Waals surface area (Å²) in [5.74, 6) is -0.0626. The number of ether oxygens (including phenoxy) is 1. The Balaban J connectivity index is 1.76. The van der Waals surface area contributed by atoms with Crippen molar-refractivity contribution in [2.75, 3.05) is 26.3 Å². The first-order chi connectivity index (χ1) is 8.70. The van der Waals surface area contributed by atoms with E-state index in [1.165, 1.54) is 12.8 Å². The second-order valence-corrected chi connectivity index (χ2v) is 5.44. The summed E-state index contributed by atoms with van der Waals surface area (Å²) in [5.41, 5.74) is -0.707. The summed E-state index contributed by atoms with van der Waals surface area (Å²) >= 11 is 0. The lowest BCUT2D eigenvalue weighted by Gasteiger charge is -2.29. The van der Waals surface area contributed by atoms with E-state index in [9.17, 15) is 9.90 Å². The summed E-state index contributed by atoms with van der Waals surface area (Å²) < 4.78 is 5.25. The third-order valence-corrected chi connectivity index (χ3v) is 3.86. The Kier molecular flexibility index (Phi) is 4.97. The van der Waals surface area contributed by atoms with Crippen molar-refractivity contribution in [2.24, 2.45) is 0 Å². The predicted molar refractivity (Wildman–Crippen MR) is 68.3 cm³/mol. The molecule has 1 atom stereocenters. The summed E-state index contributed by atoms with van der Waals surface area (Å²) in [5, 5.41) is 16.4. The second-order valence-electron chi connectivity index (χ2n) is 5.44. The van der Waals surface area contributed by atoms with Crippen LogP contribution in [-0.2, 0) is 9.53 Å². The van der Waals surface area contributed by atoms with Gasteiger partial charge < -0.3 is 20.5 Å². The molecular formula is C13H24N2O3. The lowest BCUT2D eigenvalue weighted by atomic mass is 9.94. The van der Waals surface area contributed by atoms with Gasteiger partial charge in [-0.25, -0.2) is 0 Å². The highest BCUT2D eigenvalue weighted by atomic mass is 16.5. The van der Waals surface area contributed by atoms with Gasteiger partial charge in [0.25, 0.3) is 0 Å². The van der Waals surface area contributed by atoms with Crippen molar-refractivity contribution < 1.29 is 14.6 Å². The van der Waals surface area contributed by atoms with Crippen molar-refractivity contribution in [3.8, 4) is 0 Å². The number of hydrogen-bond acceptors (Lipinski definition) is 4. The molecule has 104 valence electrons. The zero-order valence-corrected chi connectivity index (χ0v) is 10.9. The second kappa shape index (κ2) is 6.50. The molecule has 2 aliphatic rings. The summed E-state index contributed by atoms with van der Waals surface area (Å²) in [4.78, 5) is 11.9. The highest BCUT2D eigenvalue weighted by Gasteiger charge is 2.30. The van der Waals surface area contributed by atoms with Crippen LogP contribution in [0.3, 0.4) is 0 Å². The fourth-order valence-corrected chi connectivity index (χ4v) is 2.67. The molecule has 1 amide bonds. The molecule has 0 spiro atoms. The fourth-order valence-electron chi connectivity index (χ4n) is 2.67. The fraction of sp³-hybridized carbons (Fsp3) is 0.923. The molecule has 2 rings (SSSR count). The molecule has 5 nitrogen and oxygen atoms in total. The topological polar surface area (TPSA) is 70.6 Å². The quantitative estimate of drug-likeness (QED) is 0.630. The van der Waals surface area contributed by atoms with Crippen molar-refractivity contribution in [3.05, 3.63) is 0 Å². The Hall–Kier alpha value is -0.650. The smallest absolute Gasteiger partial charge is 0.239 e. The molecule has 3 N–H and O–H groups in total. The van der Waals surface area contributed by atoms with Crippen LogP contribution in [0.4, 0.5) is 0 Å². The van der Waals surface area contributed by atoms with Gasteiger partial charge in [-0.3, -0.25) is 4.79 Å². The molecule has 1 aliphatic heterocycles. The van der Waals surface area contributed by atoms with Gasteiger partial charge in [-0.05, 0) is 12.8 Å². The number of carbonyl (C=O) groups excluding carboxylic acids is 1. The Morgan fingerprint density at radius 2 is 2.06 bits per heavy atom. The maximum atomic E-state index is 11.9. The molecule has 1 saturated heterocycles. The van der Waals surface area contributed by atoms with Crippen LogP contribution in [0.1, 0.15) is 38.5 Å². The zero-order valence-electron chi connectivity index (χ0n) is 10.9. The van der Waals surface area contributed by atoms with Crippen molar-refractivity contribution in [1.82, 2.24) is 10.6 Å². The van der Waals surface area contributed by atoms with E-state index in [2.05, 4.69) is 10.6 Å². The molecule has 1 unspecified atom stereocenters. The highest BCUT2D eigenvalue weighted by Crippen LogP contribution is 2.26. The van der Waals surface area contributed by atoms with Gasteiger partial charge >= 0.3 is 0 Å². The third kappa shape index (κ3) is 3.93. The predicted octanol–water partition coefficient (Wildman–Crippen LogP) is 0.176. The normalized spacial score (nSPS) is 28.4. The summed E-state index contributed by atoms with van der Waals surface area (Å²) in [7, 11) is 0. The molecule has 1 heterocycles. The van der Waals surface area contributed by atoms with E-state index < -0.39 is 5.60 Å². The Labute approximate surface area is 108 Å². The summed E-state index contributed by atoms with van der Waals surface area (Å²) in [6, 6.07) is -0.270. The molecule has 0 bridgehead atoms. The third-order valence-electron chi connectivity index (χ3n) is 3.86. The van der Waals surface area contributed by atoms with Gasteiger partial charge in [0.2, 0.25) is 5.91 Å². The molecule has 0 aromatic heterocycles. The molecule has 18 heavy (non-hydrogen) atoms. The molecule has 1 aliphatic carbocycles. The lowest BCUT2D eigenvalue weighted by molar-refractivity contribution is -0.127. The van der Waals surface area contributed by atoms with Crippen molar-refractivity contribution >= 4 is 5.91 Å². The molecular weight excluding hydrogens is 232 g/mol. The minimum absolute atomic E-state index is 0.0626. The van der Waals surface area contributed by atoms with Gasteiger partial charge in [0, 0.05) is 13.1 Å². The van der Waals surface area contributed by atoms with E-state index in [-0.39, 0.29) is 11.9 Å². The number of aliphatic hydroxyl groups is 1. The van der Waals surface area contributed by atoms with E-state index in [4.69, 9.17) is 4.74 Å². The number of carbonyl (C=O) groups is 1. The van der Waals surface area contributed by atoms with Crippen LogP contribution in [0, 0.1) is 0 Å². The molecule has 0 aromatic carbocycles. The van der Waals surface area contributed by atoms with E-state index >= 15 is 0 Å². The first-order valence-corrected chi connectivity index (χ1v) is 7.01. The first kappa shape index (κ1) is 13.8. The van der Waals surface area contributed by atoms with Crippen LogP contribution in [0.25, 0.3) is 0 Å².